The van der Waals surface area contributed by atoms with Gasteiger partial charge in [0.15, 0.2) is 6.19 Å². The standard InChI is InChI=1S/C11H14N6O/c1-15(7-12)10-6-11(14-8-13-10)17-4-2-16(9-18)3-5-17/h6,8-9H,2-5H2,1H3. The van der Waals surface area contributed by atoms with Crippen molar-refractivity contribution in [3.05, 3.63) is 12.4 Å². The van der Waals surface area contributed by atoms with Crippen molar-refractivity contribution in [2.75, 3.05) is 43.0 Å². The van der Waals surface area contributed by atoms with Crippen LogP contribution in [0.5, 0.6) is 0 Å². The normalized spacial score (nSPS) is 15.1. The average molecular weight is 246 g/mol. The summed E-state index contributed by atoms with van der Waals surface area (Å²) in [5, 5.41) is 8.81. The van der Waals surface area contributed by atoms with Gasteiger partial charge < -0.3 is 9.80 Å². The minimum absolute atomic E-state index is 0.570. The molecule has 7 heteroatoms. The molecule has 18 heavy (non-hydrogen) atoms. The molecule has 1 aromatic heterocycles. The third-order valence-corrected chi connectivity index (χ3v) is 2.92. The van der Waals surface area contributed by atoms with Gasteiger partial charge in [0, 0.05) is 39.3 Å². The monoisotopic (exact) mass is 246 g/mol. The molecule has 0 radical (unpaired) electrons. The minimum atomic E-state index is 0.570. The zero-order valence-corrected chi connectivity index (χ0v) is 10.2. The van der Waals surface area contributed by atoms with Crippen LogP contribution >= 0.6 is 0 Å². The van der Waals surface area contributed by atoms with Gasteiger partial charge in [-0.15, -0.1) is 0 Å². The molecule has 0 unspecified atom stereocenters. The topological polar surface area (TPSA) is 76.4 Å². The largest absolute Gasteiger partial charge is 0.353 e. The van der Waals surface area contributed by atoms with E-state index in [4.69, 9.17) is 5.26 Å². The van der Waals surface area contributed by atoms with Gasteiger partial charge in [-0.3, -0.25) is 9.69 Å². The highest BCUT2D eigenvalue weighted by molar-refractivity contribution is 5.53. The number of nitrogens with zero attached hydrogens (tertiary/aromatic N) is 6. The van der Waals surface area contributed by atoms with Crippen molar-refractivity contribution in [3.63, 3.8) is 0 Å². The summed E-state index contributed by atoms with van der Waals surface area (Å²) >= 11 is 0. The summed E-state index contributed by atoms with van der Waals surface area (Å²) in [7, 11) is 1.65. The second kappa shape index (κ2) is 5.31. The SMILES string of the molecule is CN(C#N)c1cc(N2CCN(C=O)CC2)ncn1. The van der Waals surface area contributed by atoms with Crippen molar-refractivity contribution in [1.82, 2.24) is 14.9 Å². The zero-order valence-electron chi connectivity index (χ0n) is 10.2. The first kappa shape index (κ1) is 12.1. The Kier molecular flexibility index (Phi) is 3.57. The van der Waals surface area contributed by atoms with E-state index in [2.05, 4.69) is 14.9 Å². The van der Waals surface area contributed by atoms with Gasteiger partial charge in [0.2, 0.25) is 6.41 Å². The van der Waals surface area contributed by atoms with Crippen molar-refractivity contribution in [2.45, 2.75) is 0 Å². The molecule has 1 fully saturated rings. The van der Waals surface area contributed by atoms with E-state index >= 15 is 0 Å². The van der Waals surface area contributed by atoms with Crippen LogP contribution in [0.25, 0.3) is 0 Å². The number of anilines is 2. The van der Waals surface area contributed by atoms with Crippen molar-refractivity contribution >= 4 is 18.0 Å². The molecule has 1 saturated heterocycles. The van der Waals surface area contributed by atoms with Gasteiger partial charge >= 0.3 is 0 Å². The molecule has 94 valence electrons. The average Bonchev–Trinajstić information content (AvgIpc) is 2.46. The van der Waals surface area contributed by atoms with Gasteiger partial charge in [0.1, 0.15) is 18.0 Å². The van der Waals surface area contributed by atoms with E-state index in [0.717, 1.165) is 25.3 Å². The predicted octanol–water partition coefficient (Wildman–Crippen LogP) is -0.328. The quantitative estimate of drug-likeness (QED) is 0.413. The number of nitriles is 1. The first-order chi connectivity index (χ1) is 8.74. The molecule has 0 spiro atoms. The van der Waals surface area contributed by atoms with E-state index in [9.17, 15) is 4.79 Å². The van der Waals surface area contributed by atoms with Gasteiger partial charge in [0.25, 0.3) is 0 Å². The van der Waals surface area contributed by atoms with Crippen LogP contribution < -0.4 is 9.80 Å². The Labute approximate surface area is 105 Å². The van der Waals surface area contributed by atoms with Gasteiger partial charge in [-0.05, 0) is 0 Å². The van der Waals surface area contributed by atoms with Crippen LogP contribution in [-0.4, -0.2) is 54.5 Å². The van der Waals surface area contributed by atoms with Gasteiger partial charge in [-0.2, -0.15) is 5.26 Å². The lowest BCUT2D eigenvalue weighted by atomic mass is 10.3. The maximum absolute atomic E-state index is 10.6. The van der Waals surface area contributed by atoms with Crippen LogP contribution in [0, 0.1) is 11.5 Å². The van der Waals surface area contributed by atoms with Gasteiger partial charge in [0.05, 0.1) is 0 Å². The van der Waals surface area contributed by atoms with Crippen LogP contribution in [0.1, 0.15) is 0 Å². The third-order valence-electron chi connectivity index (χ3n) is 2.92. The lowest BCUT2D eigenvalue weighted by Crippen LogP contribution is -2.46. The molecular weight excluding hydrogens is 232 g/mol. The van der Waals surface area contributed by atoms with E-state index in [-0.39, 0.29) is 0 Å². The molecule has 1 amide bonds. The minimum Gasteiger partial charge on any atom is -0.353 e. The Hall–Kier alpha value is -2.36. The van der Waals surface area contributed by atoms with Crippen LogP contribution in [0.15, 0.2) is 12.4 Å². The lowest BCUT2D eigenvalue weighted by Gasteiger charge is -2.33. The molecule has 0 atom stereocenters. The molecule has 1 aromatic rings. The fourth-order valence-corrected chi connectivity index (χ4v) is 1.80. The molecule has 0 aromatic carbocycles. The Morgan fingerprint density at radius 3 is 2.72 bits per heavy atom. The summed E-state index contributed by atoms with van der Waals surface area (Å²) in [6.07, 6.45) is 4.31. The molecule has 1 aliphatic heterocycles. The lowest BCUT2D eigenvalue weighted by molar-refractivity contribution is -0.118. The second-order valence-electron chi connectivity index (χ2n) is 4.02. The number of carbonyl (C=O) groups excluding carboxylic acids is 1. The molecular formula is C11H14N6O. The predicted molar refractivity (Wildman–Crippen MR) is 65.9 cm³/mol. The number of amides is 1. The number of aromatic nitrogens is 2. The van der Waals surface area contributed by atoms with Crippen molar-refractivity contribution < 1.29 is 4.79 Å². The summed E-state index contributed by atoms with van der Waals surface area (Å²) in [6.45, 7) is 2.87. The highest BCUT2D eigenvalue weighted by atomic mass is 16.1. The number of rotatable bonds is 3. The second-order valence-corrected chi connectivity index (χ2v) is 4.02. The molecule has 7 nitrogen and oxygen atoms in total. The van der Waals surface area contributed by atoms with E-state index in [1.54, 1.807) is 18.0 Å². The molecule has 0 saturated carbocycles. The molecule has 0 aliphatic carbocycles. The van der Waals surface area contributed by atoms with E-state index in [1.807, 2.05) is 6.19 Å². The van der Waals surface area contributed by atoms with E-state index in [1.165, 1.54) is 11.2 Å². The van der Waals surface area contributed by atoms with Crippen molar-refractivity contribution in [2.24, 2.45) is 0 Å². The molecule has 1 aliphatic rings. The van der Waals surface area contributed by atoms with Crippen LogP contribution in [-0.2, 0) is 4.79 Å². The summed E-state index contributed by atoms with van der Waals surface area (Å²) in [6, 6.07) is 1.78. The van der Waals surface area contributed by atoms with E-state index < -0.39 is 0 Å². The maximum atomic E-state index is 10.6. The first-order valence-electron chi connectivity index (χ1n) is 5.64. The Balaban J connectivity index is 2.10. The highest BCUT2D eigenvalue weighted by Crippen LogP contribution is 2.17. The number of carbonyl (C=O) groups is 1. The Morgan fingerprint density at radius 2 is 2.11 bits per heavy atom. The number of piperazine rings is 1. The van der Waals surface area contributed by atoms with Gasteiger partial charge in [-0.25, -0.2) is 9.97 Å². The first-order valence-corrected chi connectivity index (χ1v) is 5.64. The number of hydrogen-bond donors (Lipinski definition) is 0. The number of hydrogen-bond acceptors (Lipinski definition) is 6. The summed E-state index contributed by atoms with van der Waals surface area (Å²) in [5.41, 5.74) is 0. The van der Waals surface area contributed by atoms with Gasteiger partial charge in [-0.1, -0.05) is 0 Å². The molecule has 2 heterocycles. The molecule has 0 bridgehead atoms. The Bertz CT molecular complexity index is 463. The highest BCUT2D eigenvalue weighted by Gasteiger charge is 2.17. The summed E-state index contributed by atoms with van der Waals surface area (Å²) in [4.78, 5) is 24.1. The van der Waals surface area contributed by atoms with E-state index in [0.29, 0.717) is 18.9 Å². The molecule has 2 rings (SSSR count). The van der Waals surface area contributed by atoms with Crippen LogP contribution in [0.3, 0.4) is 0 Å². The fourth-order valence-electron chi connectivity index (χ4n) is 1.80. The zero-order chi connectivity index (χ0) is 13.0. The smallest absolute Gasteiger partial charge is 0.209 e. The Morgan fingerprint density at radius 1 is 1.39 bits per heavy atom. The fraction of sp³-hybridized carbons (Fsp3) is 0.455. The summed E-state index contributed by atoms with van der Waals surface area (Å²) in [5.74, 6) is 1.35. The van der Waals surface area contributed by atoms with Crippen molar-refractivity contribution in [1.29, 1.82) is 5.26 Å². The maximum Gasteiger partial charge on any atom is 0.209 e. The third kappa shape index (κ3) is 2.48. The summed E-state index contributed by atoms with van der Waals surface area (Å²) < 4.78 is 0. The van der Waals surface area contributed by atoms with Crippen molar-refractivity contribution in [3.8, 4) is 6.19 Å². The van der Waals surface area contributed by atoms with Crippen LogP contribution in [0.2, 0.25) is 0 Å². The molecule has 0 N–H and O–H groups in total. The van der Waals surface area contributed by atoms with Crippen LogP contribution in [0.4, 0.5) is 11.6 Å².